The Morgan fingerprint density at radius 1 is 1.24 bits per heavy atom. The Labute approximate surface area is 196 Å². The van der Waals surface area contributed by atoms with Crippen molar-refractivity contribution >= 4 is 23.6 Å². The first kappa shape index (κ1) is 23.3. The molecule has 10 heteroatoms. The Hall–Kier alpha value is -3.87. The summed E-state index contributed by atoms with van der Waals surface area (Å²) in [5, 5.41) is 12.3. The number of fused-ring (bicyclic) bond motifs is 1. The Morgan fingerprint density at radius 2 is 2.00 bits per heavy atom. The number of carbonyl (C=O) groups is 2. The van der Waals surface area contributed by atoms with E-state index in [9.17, 15) is 19.6 Å². The highest BCUT2D eigenvalue weighted by Gasteiger charge is 2.40. The van der Waals surface area contributed by atoms with Gasteiger partial charge < -0.3 is 19.7 Å². The molecule has 0 aliphatic carbocycles. The highest BCUT2D eigenvalue weighted by atomic mass is 16.5. The highest BCUT2D eigenvalue weighted by Crippen LogP contribution is 2.38. The van der Waals surface area contributed by atoms with Gasteiger partial charge in [0.15, 0.2) is 0 Å². The van der Waals surface area contributed by atoms with Gasteiger partial charge in [-0.25, -0.2) is 0 Å². The van der Waals surface area contributed by atoms with Crippen LogP contribution in [0.5, 0.6) is 5.75 Å². The molecule has 1 fully saturated rings. The largest absolute Gasteiger partial charge is 0.494 e. The van der Waals surface area contributed by atoms with Crippen LogP contribution in [0.3, 0.4) is 0 Å². The third-order valence-electron chi connectivity index (χ3n) is 6.14. The second kappa shape index (κ2) is 9.95. The molecular weight excluding hydrogens is 438 g/mol. The van der Waals surface area contributed by atoms with E-state index in [4.69, 9.17) is 9.47 Å². The second-order valence-electron chi connectivity index (χ2n) is 8.26. The van der Waals surface area contributed by atoms with E-state index in [2.05, 4.69) is 15.3 Å². The van der Waals surface area contributed by atoms with Crippen LogP contribution in [0.4, 0.5) is 11.8 Å². The minimum Gasteiger partial charge on any atom is -0.494 e. The molecule has 3 atom stereocenters. The van der Waals surface area contributed by atoms with Crippen LogP contribution in [0.1, 0.15) is 43.7 Å². The number of carbonyl (C=O) groups excluding carboxylic acids is 2. The van der Waals surface area contributed by atoms with Gasteiger partial charge >= 0.3 is 5.97 Å². The maximum absolute atomic E-state index is 13.3. The normalized spacial score (nSPS) is 21.7. The number of nitriles is 1. The number of H-pyrrole nitrogens is 1. The van der Waals surface area contributed by atoms with Crippen LogP contribution in [0.2, 0.25) is 0 Å². The van der Waals surface area contributed by atoms with E-state index in [0.717, 1.165) is 6.42 Å². The van der Waals surface area contributed by atoms with Gasteiger partial charge in [0, 0.05) is 19.0 Å². The molecule has 0 radical (unpaired) electrons. The minimum absolute atomic E-state index is 0.132. The third-order valence-corrected chi connectivity index (χ3v) is 6.14. The van der Waals surface area contributed by atoms with Gasteiger partial charge in [0.2, 0.25) is 11.9 Å². The number of hydrogen-bond donors (Lipinski definition) is 2. The van der Waals surface area contributed by atoms with E-state index in [-0.39, 0.29) is 29.2 Å². The molecule has 1 aromatic heterocycles. The van der Waals surface area contributed by atoms with Gasteiger partial charge in [-0.3, -0.25) is 19.4 Å². The minimum atomic E-state index is -1.08. The van der Waals surface area contributed by atoms with Crippen LogP contribution in [0, 0.1) is 23.2 Å². The standard InChI is InChI=1S/C24H27N5O5/c1-3-33-16-9-7-14(8-10-16)18-17(12-25)21(30)26-20-19(18)22(31)28-24(27-20)29-11-5-6-15(13-29)23(32)34-4-2/h7-10,15,17-18H,3-6,11,13H2,1-2H3,(H2,26,27,28,30,31). The number of ether oxygens (including phenoxy) is 2. The highest BCUT2D eigenvalue weighted by molar-refractivity contribution is 5.98. The molecule has 2 aromatic rings. The summed E-state index contributed by atoms with van der Waals surface area (Å²) in [6.07, 6.45) is 1.44. The number of benzene rings is 1. The summed E-state index contributed by atoms with van der Waals surface area (Å²) in [7, 11) is 0. The molecule has 0 saturated carbocycles. The molecule has 10 nitrogen and oxygen atoms in total. The van der Waals surface area contributed by atoms with E-state index < -0.39 is 23.3 Å². The predicted octanol–water partition coefficient (Wildman–Crippen LogP) is 2.17. The maximum Gasteiger partial charge on any atom is 0.310 e. The first-order valence-corrected chi connectivity index (χ1v) is 11.5. The molecule has 2 aliphatic heterocycles. The van der Waals surface area contributed by atoms with Gasteiger partial charge in [-0.2, -0.15) is 10.2 Å². The van der Waals surface area contributed by atoms with Gasteiger partial charge in [-0.15, -0.1) is 0 Å². The Bertz CT molecular complexity index is 1170. The first-order chi connectivity index (χ1) is 16.5. The molecular formula is C24H27N5O5. The summed E-state index contributed by atoms with van der Waals surface area (Å²) >= 11 is 0. The van der Waals surface area contributed by atoms with E-state index in [0.29, 0.717) is 44.0 Å². The second-order valence-corrected chi connectivity index (χ2v) is 8.26. The molecule has 1 amide bonds. The summed E-state index contributed by atoms with van der Waals surface area (Å²) in [6.45, 7) is 5.42. The monoisotopic (exact) mass is 465 g/mol. The molecule has 178 valence electrons. The van der Waals surface area contributed by atoms with Crippen LogP contribution in [-0.4, -0.2) is 48.1 Å². The summed E-state index contributed by atoms with van der Waals surface area (Å²) in [6, 6.07) is 9.04. The number of aromatic nitrogens is 2. The van der Waals surface area contributed by atoms with E-state index in [1.54, 1.807) is 31.2 Å². The molecule has 34 heavy (non-hydrogen) atoms. The zero-order chi connectivity index (χ0) is 24.2. The van der Waals surface area contributed by atoms with Gasteiger partial charge in [-0.05, 0) is 44.4 Å². The fourth-order valence-corrected chi connectivity index (χ4v) is 4.57. The lowest BCUT2D eigenvalue weighted by atomic mass is 9.79. The first-order valence-electron chi connectivity index (χ1n) is 11.5. The van der Waals surface area contributed by atoms with Gasteiger partial charge in [0.1, 0.15) is 17.5 Å². The number of esters is 1. The van der Waals surface area contributed by atoms with Crippen molar-refractivity contribution in [2.45, 2.75) is 32.6 Å². The zero-order valence-electron chi connectivity index (χ0n) is 19.2. The number of rotatable bonds is 6. The van der Waals surface area contributed by atoms with Crippen LogP contribution >= 0.6 is 0 Å². The number of anilines is 2. The number of amides is 1. The summed E-state index contributed by atoms with van der Waals surface area (Å²) in [4.78, 5) is 47.4. The van der Waals surface area contributed by atoms with Crippen molar-refractivity contribution < 1.29 is 19.1 Å². The van der Waals surface area contributed by atoms with Crippen LogP contribution in [-0.2, 0) is 14.3 Å². The van der Waals surface area contributed by atoms with E-state index >= 15 is 0 Å². The number of nitrogens with one attached hydrogen (secondary N) is 2. The Kier molecular flexibility index (Phi) is 6.82. The van der Waals surface area contributed by atoms with Crippen LogP contribution < -0.4 is 20.5 Å². The van der Waals surface area contributed by atoms with Crippen molar-refractivity contribution in [3.8, 4) is 11.8 Å². The Morgan fingerprint density at radius 3 is 2.68 bits per heavy atom. The number of hydrogen-bond acceptors (Lipinski definition) is 8. The zero-order valence-corrected chi connectivity index (χ0v) is 19.2. The predicted molar refractivity (Wildman–Crippen MR) is 124 cm³/mol. The van der Waals surface area contributed by atoms with Gasteiger partial charge in [0.05, 0.1) is 30.8 Å². The maximum atomic E-state index is 13.3. The Balaban J connectivity index is 1.70. The average molecular weight is 466 g/mol. The SMILES string of the molecule is CCOC(=O)C1CCCN(c2nc3c(c(=O)[nH]2)C(c2ccc(OCC)cc2)C(C#N)C(=O)N3)C1. The molecule has 4 rings (SSSR count). The molecule has 2 aliphatic rings. The molecule has 2 N–H and O–H groups in total. The lowest BCUT2D eigenvalue weighted by Gasteiger charge is -2.33. The smallest absolute Gasteiger partial charge is 0.310 e. The van der Waals surface area contributed by atoms with Crippen molar-refractivity contribution in [1.29, 1.82) is 5.26 Å². The van der Waals surface area contributed by atoms with Crippen molar-refractivity contribution in [1.82, 2.24) is 9.97 Å². The number of nitrogens with zero attached hydrogens (tertiary/aromatic N) is 3. The van der Waals surface area contributed by atoms with Crippen molar-refractivity contribution in [3.63, 3.8) is 0 Å². The fraction of sp³-hybridized carbons (Fsp3) is 0.458. The number of piperidine rings is 1. The number of aromatic amines is 1. The fourth-order valence-electron chi connectivity index (χ4n) is 4.57. The molecule has 3 heterocycles. The molecule has 1 aromatic carbocycles. The van der Waals surface area contributed by atoms with Crippen LogP contribution in [0.15, 0.2) is 29.1 Å². The van der Waals surface area contributed by atoms with Gasteiger partial charge in [0.25, 0.3) is 5.56 Å². The molecule has 1 saturated heterocycles. The quantitative estimate of drug-likeness (QED) is 0.619. The van der Waals surface area contributed by atoms with Gasteiger partial charge in [-0.1, -0.05) is 12.1 Å². The summed E-state index contributed by atoms with van der Waals surface area (Å²) < 4.78 is 10.6. The van der Waals surface area contributed by atoms with Crippen molar-refractivity contribution in [3.05, 3.63) is 45.7 Å². The average Bonchev–Trinajstić information content (AvgIpc) is 2.84. The van der Waals surface area contributed by atoms with Crippen molar-refractivity contribution in [2.75, 3.05) is 36.5 Å². The topological polar surface area (TPSA) is 137 Å². The van der Waals surface area contributed by atoms with Crippen molar-refractivity contribution in [2.24, 2.45) is 11.8 Å². The molecule has 0 spiro atoms. The lowest BCUT2D eigenvalue weighted by molar-refractivity contribution is -0.148. The van der Waals surface area contributed by atoms with E-state index in [1.807, 2.05) is 17.9 Å². The third kappa shape index (κ3) is 4.46. The van der Waals surface area contributed by atoms with Crippen LogP contribution in [0.25, 0.3) is 0 Å². The summed E-state index contributed by atoms with van der Waals surface area (Å²) in [5.74, 6) is -1.89. The summed E-state index contributed by atoms with van der Waals surface area (Å²) in [5.41, 5.74) is 0.446. The lowest BCUT2D eigenvalue weighted by Crippen LogP contribution is -2.43. The van der Waals surface area contributed by atoms with E-state index in [1.165, 1.54) is 0 Å². The molecule has 3 unspecified atom stereocenters. The molecule has 0 bridgehead atoms.